The van der Waals surface area contributed by atoms with Crippen molar-refractivity contribution >= 4 is 19.8 Å². The topological polar surface area (TPSA) is 111 Å². The standard InChI is InChI=1S/C78H140NO8P/c1-6-8-10-12-14-16-18-20-22-24-26-28-30-31-32-33-34-35-36-37-38-39-40-41-42-43-44-45-46-47-49-51-53-55-57-59-61-63-65-67-69-71-78(81)87-76(75-86-88(82,83)85-73-72-79(3,4)5)74-84-77(80)70-68-66-64-62-60-58-56-54-52-50-48-29-27-25-23-21-19-17-15-13-11-9-7-2/h8,10,14,16,19-22,25-28,31-32,34-35,76H,6-7,9,11-13,15,17-18,23-24,29-30,33,36-75H2,1-5H3/b10-8-,16-14-,21-19-,22-20-,27-25-,28-26-,32-31-,35-34-. The van der Waals surface area contributed by atoms with Crippen LogP contribution in [-0.2, 0) is 32.7 Å². The SMILES string of the molecule is CC/C=C\C/C=C\C/C=C\C/C=C\C/C=C\C/C=C\CCCCCCCCCCCCCCCCCCCCCCCCC(=O)OC(COC(=O)CCCCCCCCCCCCC/C=C\C/C=C\CCCCCCC)COP(=O)([O-])OCC[N+](C)(C)C. The van der Waals surface area contributed by atoms with Gasteiger partial charge in [0.1, 0.15) is 19.8 Å². The molecule has 0 aromatic rings. The van der Waals surface area contributed by atoms with Gasteiger partial charge >= 0.3 is 11.9 Å². The summed E-state index contributed by atoms with van der Waals surface area (Å²) in [5.41, 5.74) is 0. The number of allylic oxidation sites excluding steroid dienone is 16. The number of phosphoric acid groups is 1. The Balaban J connectivity index is 3.95. The smallest absolute Gasteiger partial charge is 0.306 e. The summed E-state index contributed by atoms with van der Waals surface area (Å²) in [6.07, 6.45) is 95.0. The molecule has 0 saturated heterocycles. The molecular weight excluding hydrogens is 1110 g/mol. The summed E-state index contributed by atoms with van der Waals surface area (Å²) in [5.74, 6) is -0.823. The van der Waals surface area contributed by atoms with Gasteiger partial charge in [-0.25, -0.2) is 0 Å². The highest BCUT2D eigenvalue weighted by Crippen LogP contribution is 2.38. The Hall–Kier alpha value is -3.07. The highest BCUT2D eigenvalue weighted by molar-refractivity contribution is 7.45. The van der Waals surface area contributed by atoms with E-state index in [9.17, 15) is 19.0 Å². The van der Waals surface area contributed by atoms with Crippen LogP contribution < -0.4 is 4.89 Å². The molecule has 0 bridgehead atoms. The fraction of sp³-hybridized carbons (Fsp3) is 0.769. The number of likely N-dealkylation sites (N-methyl/N-ethyl adjacent to an activating group) is 1. The van der Waals surface area contributed by atoms with Crippen molar-refractivity contribution in [2.45, 2.75) is 341 Å². The molecule has 0 aromatic carbocycles. The molecule has 0 amide bonds. The molecule has 0 aliphatic carbocycles. The third-order valence-corrected chi connectivity index (χ3v) is 17.1. The molecule has 0 aliphatic heterocycles. The number of hydrogen-bond acceptors (Lipinski definition) is 8. The van der Waals surface area contributed by atoms with Crippen molar-refractivity contribution in [1.29, 1.82) is 0 Å². The average Bonchev–Trinajstić information content (AvgIpc) is 3.58. The largest absolute Gasteiger partial charge is 0.756 e. The lowest BCUT2D eigenvalue weighted by atomic mass is 10.0. The van der Waals surface area contributed by atoms with Crippen LogP contribution >= 0.6 is 7.82 Å². The van der Waals surface area contributed by atoms with Gasteiger partial charge < -0.3 is 27.9 Å². The monoisotopic (exact) mass is 1250 g/mol. The number of rotatable bonds is 68. The van der Waals surface area contributed by atoms with Crippen molar-refractivity contribution < 1.29 is 42.1 Å². The van der Waals surface area contributed by atoms with E-state index >= 15 is 0 Å². The van der Waals surface area contributed by atoms with Crippen molar-refractivity contribution in [3.05, 3.63) is 97.2 Å². The lowest BCUT2D eigenvalue weighted by Gasteiger charge is -2.28. The van der Waals surface area contributed by atoms with E-state index in [0.29, 0.717) is 17.4 Å². The summed E-state index contributed by atoms with van der Waals surface area (Å²) in [7, 11) is 1.17. The van der Waals surface area contributed by atoms with Crippen molar-refractivity contribution in [1.82, 2.24) is 0 Å². The van der Waals surface area contributed by atoms with Crippen LogP contribution in [0.5, 0.6) is 0 Å². The van der Waals surface area contributed by atoms with Crippen LogP contribution in [-0.4, -0.2) is 70.0 Å². The second kappa shape index (κ2) is 68.3. The number of hydrogen-bond donors (Lipinski definition) is 0. The molecule has 510 valence electrons. The van der Waals surface area contributed by atoms with Crippen LogP contribution in [0.4, 0.5) is 0 Å². The van der Waals surface area contributed by atoms with Gasteiger partial charge in [0.05, 0.1) is 27.7 Å². The molecule has 0 N–H and O–H groups in total. The molecular formula is C78H140NO8P. The van der Waals surface area contributed by atoms with Gasteiger partial charge in [-0.3, -0.25) is 14.2 Å². The summed E-state index contributed by atoms with van der Waals surface area (Å²) in [5, 5.41) is 0. The maximum Gasteiger partial charge on any atom is 0.306 e. The van der Waals surface area contributed by atoms with Gasteiger partial charge in [-0.1, -0.05) is 323 Å². The fourth-order valence-electron chi connectivity index (χ4n) is 10.5. The summed E-state index contributed by atoms with van der Waals surface area (Å²) in [4.78, 5) is 38.1. The first-order chi connectivity index (χ1) is 43.0. The number of phosphoric ester groups is 1. The molecule has 2 unspecified atom stereocenters. The molecule has 9 nitrogen and oxygen atoms in total. The molecule has 0 aliphatic rings. The number of ether oxygens (including phenoxy) is 2. The van der Waals surface area contributed by atoms with Gasteiger partial charge in [-0.2, -0.15) is 0 Å². The van der Waals surface area contributed by atoms with Gasteiger partial charge in [-0.15, -0.1) is 0 Å². The van der Waals surface area contributed by atoms with E-state index in [-0.39, 0.29) is 32.0 Å². The number of nitrogens with zero attached hydrogens (tertiary/aromatic N) is 1. The quantitative estimate of drug-likeness (QED) is 0.0195. The molecule has 0 rings (SSSR count). The Kier molecular flexibility index (Phi) is 65.9. The van der Waals surface area contributed by atoms with Gasteiger partial charge in [0.15, 0.2) is 6.10 Å². The van der Waals surface area contributed by atoms with Crippen LogP contribution in [0, 0.1) is 0 Å². The predicted molar refractivity (Wildman–Crippen MR) is 379 cm³/mol. The zero-order valence-electron chi connectivity index (χ0n) is 58.2. The van der Waals surface area contributed by atoms with Gasteiger partial charge in [-0.05, 0) is 96.3 Å². The lowest BCUT2D eigenvalue weighted by molar-refractivity contribution is -0.870. The molecule has 88 heavy (non-hydrogen) atoms. The van der Waals surface area contributed by atoms with Crippen molar-refractivity contribution in [3.63, 3.8) is 0 Å². The van der Waals surface area contributed by atoms with Crippen molar-refractivity contribution in [3.8, 4) is 0 Å². The first-order valence-electron chi connectivity index (χ1n) is 36.9. The van der Waals surface area contributed by atoms with E-state index in [2.05, 4.69) is 111 Å². The minimum atomic E-state index is -4.64. The van der Waals surface area contributed by atoms with E-state index in [1.807, 2.05) is 21.1 Å². The Labute approximate surface area is 544 Å². The van der Waals surface area contributed by atoms with E-state index in [4.69, 9.17) is 18.5 Å². The zero-order chi connectivity index (χ0) is 64.1. The van der Waals surface area contributed by atoms with E-state index in [1.165, 1.54) is 218 Å². The Bertz CT molecular complexity index is 1810. The second-order valence-corrected chi connectivity index (χ2v) is 27.3. The van der Waals surface area contributed by atoms with E-state index in [0.717, 1.165) is 83.5 Å². The number of esters is 2. The fourth-order valence-corrected chi connectivity index (χ4v) is 11.2. The van der Waals surface area contributed by atoms with Crippen LogP contribution in [0.15, 0.2) is 97.2 Å². The molecule has 0 heterocycles. The number of unbranched alkanes of at least 4 members (excludes halogenated alkanes) is 38. The first kappa shape index (κ1) is 84.9. The minimum Gasteiger partial charge on any atom is -0.756 e. The second-order valence-electron chi connectivity index (χ2n) is 25.9. The third-order valence-electron chi connectivity index (χ3n) is 16.1. The highest BCUT2D eigenvalue weighted by Gasteiger charge is 2.22. The van der Waals surface area contributed by atoms with Gasteiger partial charge in [0, 0.05) is 12.8 Å². The number of carbonyl (C=O) groups excluding carboxylic acids is 2. The summed E-state index contributed by atoms with van der Waals surface area (Å²) in [6.45, 7) is 4.15. The predicted octanol–water partition coefficient (Wildman–Crippen LogP) is 23.6. The maximum absolute atomic E-state index is 12.9. The van der Waals surface area contributed by atoms with E-state index in [1.54, 1.807) is 0 Å². The molecule has 10 heteroatoms. The summed E-state index contributed by atoms with van der Waals surface area (Å²) >= 11 is 0. The van der Waals surface area contributed by atoms with Crippen LogP contribution in [0.1, 0.15) is 335 Å². The molecule has 0 saturated carbocycles. The molecule has 2 atom stereocenters. The average molecular weight is 1250 g/mol. The van der Waals surface area contributed by atoms with Crippen molar-refractivity contribution in [2.75, 3.05) is 47.5 Å². The van der Waals surface area contributed by atoms with Crippen molar-refractivity contribution in [2.24, 2.45) is 0 Å². The number of quaternary nitrogens is 1. The molecule has 0 fully saturated rings. The minimum absolute atomic E-state index is 0.0317. The molecule has 0 radical (unpaired) electrons. The van der Waals surface area contributed by atoms with Crippen LogP contribution in [0.25, 0.3) is 0 Å². The lowest BCUT2D eigenvalue weighted by Crippen LogP contribution is -2.37. The summed E-state index contributed by atoms with van der Waals surface area (Å²) < 4.78 is 34.3. The number of carbonyl (C=O) groups is 2. The van der Waals surface area contributed by atoms with Gasteiger partial charge in [0.2, 0.25) is 0 Å². The third kappa shape index (κ3) is 72.0. The van der Waals surface area contributed by atoms with Crippen LogP contribution in [0.2, 0.25) is 0 Å². The highest BCUT2D eigenvalue weighted by atomic mass is 31.2. The molecule has 0 aromatic heterocycles. The maximum atomic E-state index is 12.9. The normalized spacial score (nSPS) is 13.7. The van der Waals surface area contributed by atoms with Crippen LogP contribution in [0.3, 0.4) is 0 Å². The Morgan fingerprint density at radius 3 is 0.966 bits per heavy atom. The molecule has 0 spiro atoms. The van der Waals surface area contributed by atoms with Gasteiger partial charge in [0.25, 0.3) is 7.82 Å². The zero-order valence-corrected chi connectivity index (χ0v) is 59.1. The Morgan fingerprint density at radius 1 is 0.364 bits per heavy atom. The summed E-state index contributed by atoms with van der Waals surface area (Å²) in [6, 6.07) is 0. The first-order valence-corrected chi connectivity index (χ1v) is 38.4. The Morgan fingerprint density at radius 2 is 0.648 bits per heavy atom. The van der Waals surface area contributed by atoms with E-state index < -0.39 is 26.5 Å².